The van der Waals surface area contributed by atoms with Gasteiger partial charge in [0, 0.05) is 17.4 Å². The third-order valence-corrected chi connectivity index (χ3v) is 3.13. The Balaban J connectivity index is 2.45. The van der Waals surface area contributed by atoms with Gasteiger partial charge in [0.15, 0.2) is 0 Å². The van der Waals surface area contributed by atoms with Crippen LogP contribution >= 0.6 is 11.6 Å². The molecule has 1 N–H and O–H groups in total. The van der Waals surface area contributed by atoms with Gasteiger partial charge in [-0.25, -0.2) is 0 Å². The highest BCUT2D eigenvalue weighted by Crippen LogP contribution is 2.25. The Kier molecular flexibility index (Phi) is 4.00. The summed E-state index contributed by atoms with van der Waals surface area (Å²) in [6, 6.07) is 8.37. The van der Waals surface area contributed by atoms with Gasteiger partial charge in [-0.3, -0.25) is 4.98 Å². The maximum Gasteiger partial charge on any atom is 0.0590 e. The third kappa shape index (κ3) is 2.89. The Morgan fingerprint density at radius 2 is 1.72 bits per heavy atom. The molecule has 2 aromatic rings. The van der Waals surface area contributed by atoms with Gasteiger partial charge in [0.1, 0.15) is 0 Å². The van der Waals surface area contributed by atoms with Gasteiger partial charge in [-0.1, -0.05) is 23.7 Å². The molecule has 0 aliphatic rings. The Morgan fingerprint density at radius 1 is 1.00 bits per heavy atom. The van der Waals surface area contributed by atoms with Gasteiger partial charge in [-0.2, -0.15) is 0 Å². The van der Waals surface area contributed by atoms with Crippen molar-refractivity contribution in [2.75, 3.05) is 7.05 Å². The van der Waals surface area contributed by atoms with E-state index in [1.54, 1.807) is 0 Å². The lowest BCUT2D eigenvalue weighted by Crippen LogP contribution is -2.18. The third-order valence-electron chi connectivity index (χ3n) is 2.92. The highest BCUT2D eigenvalue weighted by molar-refractivity contribution is 6.30. The Hall–Kier alpha value is -1.38. The summed E-state index contributed by atoms with van der Waals surface area (Å²) in [7, 11) is 1.95. The first-order valence-electron chi connectivity index (χ1n) is 5.96. The van der Waals surface area contributed by atoms with Crippen LogP contribution in [0.15, 0.2) is 36.7 Å². The van der Waals surface area contributed by atoms with Crippen molar-refractivity contribution in [3.8, 4) is 0 Å². The van der Waals surface area contributed by atoms with Crippen molar-refractivity contribution in [1.82, 2.24) is 10.3 Å². The molecule has 1 aromatic carbocycles. The maximum absolute atomic E-state index is 6.13. The van der Waals surface area contributed by atoms with E-state index in [4.69, 9.17) is 11.6 Å². The topological polar surface area (TPSA) is 24.9 Å². The molecule has 0 bridgehead atoms. The Morgan fingerprint density at radius 3 is 2.33 bits per heavy atom. The van der Waals surface area contributed by atoms with Gasteiger partial charge in [0.2, 0.25) is 0 Å². The molecular weight excluding hydrogens is 244 g/mol. The lowest BCUT2D eigenvalue weighted by molar-refractivity contribution is 0.687. The van der Waals surface area contributed by atoms with Crippen molar-refractivity contribution in [2.24, 2.45) is 0 Å². The van der Waals surface area contributed by atoms with Crippen molar-refractivity contribution >= 4 is 11.6 Å². The number of halogens is 1. The zero-order valence-corrected chi connectivity index (χ0v) is 11.6. The molecular formula is C15H17ClN2. The summed E-state index contributed by atoms with van der Waals surface area (Å²) in [4.78, 5) is 4.25. The maximum atomic E-state index is 6.13. The van der Waals surface area contributed by atoms with Gasteiger partial charge in [-0.15, -0.1) is 0 Å². The number of nitrogens with one attached hydrogen (secondary N) is 1. The molecule has 3 heteroatoms. The van der Waals surface area contributed by atoms with Gasteiger partial charge >= 0.3 is 0 Å². The minimum absolute atomic E-state index is 0.120. The molecule has 2 nitrogen and oxygen atoms in total. The van der Waals surface area contributed by atoms with Crippen molar-refractivity contribution in [2.45, 2.75) is 19.9 Å². The Bertz CT molecular complexity index is 532. The van der Waals surface area contributed by atoms with Crippen LogP contribution in [0.4, 0.5) is 0 Å². The van der Waals surface area contributed by atoms with Crippen LogP contribution in [0.2, 0.25) is 5.02 Å². The quantitative estimate of drug-likeness (QED) is 0.911. The first kappa shape index (κ1) is 13.1. The Labute approximate surface area is 113 Å². The number of hydrogen-bond donors (Lipinski definition) is 1. The van der Waals surface area contributed by atoms with Crippen LogP contribution in [0.3, 0.4) is 0 Å². The SMILES string of the molecule is CNC(c1cncc(C)c1)c1cc(C)cc(Cl)c1. The summed E-state index contributed by atoms with van der Waals surface area (Å²) in [6.45, 7) is 4.10. The zero-order valence-electron chi connectivity index (χ0n) is 10.9. The van der Waals surface area contributed by atoms with Gasteiger partial charge in [0.05, 0.1) is 6.04 Å². The minimum atomic E-state index is 0.120. The molecule has 18 heavy (non-hydrogen) atoms. The lowest BCUT2D eigenvalue weighted by Gasteiger charge is -2.18. The largest absolute Gasteiger partial charge is 0.309 e. The second kappa shape index (κ2) is 5.51. The van der Waals surface area contributed by atoms with E-state index in [-0.39, 0.29) is 6.04 Å². The summed E-state index contributed by atoms with van der Waals surface area (Å²) in [5.41, 5.74) is 4.64. The van der Waals surface area contributed by atoms with E-state index in [2.05, 4.69) is 29.4 Å². The van der Waals surface area contributed by atoms with Crippen molar-refractivity contribution in [3.63, 3.8) is 0 Å². The van der Waals surface area contributed by atoms with Crippen LogP contribution in [-0.2, 0) is 0 Å². The summed E-state index contributed by atoms with van der Waals surface area (Å²) >= 11 is 6.13. The zero-order chi connectivity index (χ0) is 13.1. The van der Waals surface area contributed by atoms with E-state index in [0.29, 0.717) is 0 Å². The first-order chi connectivity index (χ1) is 8.60. The van der Waals surface area contributed by atoms with E-state index in [9.17, 15) is 0 Å². The minimum Gasteiger partial charge on any atom is -0.309 e. The van der Waals surface area contributed by atoms with Gasteiger partial charge < -0.3 is 5.32 Å². The smallest absolute Gasteiger partial charge is 0.0590 e. The van der Waals surface area contributed by atoms with Crippen LogP contribution in [0, 0.1) is 13.8 Å². The molecule has 1 heterocycles. The van der Waals surface area contributed by atoms with Crippen LogP contribution in [0.1, 0.15) is 28.3 Å². The standard InChI is InChI=1S/C15H17ClN2/c1-10-4-12(7-14(16)6-10)15(17-3)13-5-11(2)8-18-9-13/h4-9,15,17H,1-3H3. The van der Waals surface area contributed by atoms with Gasteiger partial charge in [-0.05, 0) is 55.3 Å². The summed E-state index contributed by atoms with van der Waals surface area (Å²) in [5.74, 6) is 0. The average molecular weight is 261 g/mol. The molecule has 0 radical (unpaired) electrons. The molecule has 0 aliphatic heterocycles. The van der Waals surface area contributed by atoms with Crippen molar-refractivity contribution < 1.29 is 0 Å². The number of nitrogens with zero attached hydrogens (tertiary/aromatic N) is 1. The van der Waals surface area contributed by atoms with E-state index < -0.39 is 0 Å². The molecule has 0 amide bonds. The molecule has 0 aliphatic carbocycles. The average Bonchev–Trinajstić information content (AvgIpc) is 2.28. The molecule has 94 valence electrons. The predicted octanol–water partition coefficient (Wildman–Crippen LogP) is 3.66. The number of pyridine rings is 1. The van der Waals surface area contributed by atoms with Gasteiger partial charge in [0.25, 0.3) is 0 Å². The molecule has 0 saturated heterocycles. The molecule has 2 rings (SSSR count). The monoisotopic (exact) mass is 260 g/mol. The lowest BCUT2D eigenvalue weighted by atomic mass is 9.98. The second-order valence-electron chi connectivity index (χ2n) is 4.58. The van der Waals surface area contributed by atoms with Crippen LogP contribution < -0.4 is 5.32 Å². The molecule has 0 saturated carbocycles. The fraction of sp³-hybridized carbons (Fsp3) is 0.267. The van der Waals surface area contributed by atoms with Crippen LogP contribution in [-0.4, -0.2) is 12.0 Å². The number of hydrogen-bond acceptors (Lipinski definition) is 2. The number of aromatic nitrogens is 1. The fourth-order valence-electron chi connectivity index (χ4n) is 2.19. The fourth-order valence-corrected chi connectivity index (χ4v) is 2.49. The van der Waals surface area contributed by atoms with E-state index in [1.165, 1.54) is 5.56 Å². The normalized spacial score (nSPS) is 12.4. The second-order valence-corrected chi connectivity index (χ2v) is 5.02. The molecule has 0 spiro atoms. The van der Waals surface area contributed by atoms with E-state index in [0.717, 1.165) is 21.7 Å². The van der Waals surface area contributed by atoms with Crippen LogP contribution in [0.5, 0.6) is 0 Å². The molecule has 1 aromatic heterocycles. The van der Waals surface area contributed by atoms with E-state index >= 15 is 0 Å². The number of aryl methyl sites for hydroxylation is 2. The molecule has 1 unspecified atom stereocenters. The summed E-state index contributed by atoms with van der Waals surface area (Å²) in [6.07, 6.45) is 3.75. The van der Waals surface area contributed by atoms with Crippen molar-refractivity contribution in [1.29, 1.82) is 0 Å². The highest BCUT2D eigenvalue weighted by Gasteiger charge is 2.13. The number of rotatable bonds is 3. The molecule has 1 atom stereocenters. The highest BCUT2D eigenvalue weighted by atomic mass is 35.5. The van der Waals surface area contributed by atoms with Crippen molar-refractivity contribution in [3.05, 3.63) is 63.9 Å². The summed E-state index contributed by atoms with van der Waals surface area (Å²) in [5, 5.41) is 4.09. The van der Waals surface area contributed by atoms with Crippen LogP contribution in [0.25, 0.3) is 0 Å². The first-order valence-corrected chi connectivity index (χ1v) is 6.34. The van der Waals surface area contributed by atoms with E-state index in [1.807, 2.05) is 38.5 Å². The molecule has 0 fully saturated rings. The number of benzene rings is 1. The summed E-state index contributed by atoms with van der Waals surface area (Å²) < 4.78 is 0. The predicted molar refractivity (Wildman–Crippen MR) is 76.1 cm³/mol.